The molecule has 22 heavy (non-hydrogen) atoms. The molecule has 0 saturated carbocycles. The Labute approximate surface area is 128 Å². The number of hydrogen-bond acceptors (Lipinski definition) is 10. The first-order valence-electron chi connectivity index (χ1n) is 5.83. The van der Waals surface area contributed by atoms with E-state index >= 15 is 0 Å². The number of carbonyl (C=O) groups excluding carboxylic acids is 2. The first-order valence-corrected chi connectivity index (χ1v) is 9.46. The molecule has 0 heterocycles. The first kappa shape index (κ1) is 20.8. The van der Waals surface area contributed by atoms with Gasteiger partial charge in [0.25, 0.3) is 20.2 Å². The topological polar surface area (TPSA) is 139 Å². The molecular formula is C10H18O10S2. The van der Waals surface area contributed by atoms with Crippen LogP contribution in [-0.4, -0.2) is 66.7 Å². The molecule has 0 unspecified atom stereocenters. The van der Waals surface area contributed by atoms with Gasteiger partial charge in [0, 0.05) is 13.8 Å². The van der Waals surface area contributed by atoms with Gasteiger partial charge in [-0.05, 0) is 0 Å². The van der Waals surface area contributed by atoms with E-state index < -0.39 is 57.6 Å². The Hall–Kier alpha value is -1.24. The maximum atomic E-state index is 11.0. The lowest BCUT2D eigenvalue weighted by Gasteiger charge is -2.25. The van der Waals surface area contributed by atoms with Crippen LogP contribution >= 0.6 is 0 Å². The molecule has 0 rings (SSSR count). The van der Waals surface area contributed by atoms with Gasteiger partial charge in [0.15, 0.2) is 12.2 Å². The molecule has 0 saturated heterocycles. The molecule has 0 aliphatic carbocycles. The number of rotatable bonds is 9. The Morgan fingerprint density at radius 1 is 0.773 bits per heavy atom. The van der Waals surface area contributed by atoms with Gasteiger partial charge in [-0.25, -0.2) is 0 Å². The molecule has 0 aromatic carbocycles. The van der Waals surface area contributed by atoms with Crippen LogP contribution in [0.1, 0.15) is 13.8 Å². The van der Waals surface area contributed by atoms with Crippen LogP contribution in [0, 0.1) is 0 Å². The van der Waals surface area contributed by atoms with Crippen LogP contribution in [0.2, 0.25) is 0 Å². The van der Waals surface area contributed by atoms with E-state index in [0.717, 1.165) is 26.4 Å². The molecular weight excluding hydrogens is 344 g/mol. The van der Waals surface area contributed by atoms with Crippen LogP contribution in [0.3, 0.4) is 0 Å². The van der Waals surface area contributed by atoms with Crippen molar-refractivity contribution in [2.45, 2.75) is 26.1 Å². The number of carbonyl (C=O) groups is 2. The molecule has 0 amide bonds. The van der Waals surface area contributed by atoms with E-state index in [1.165, 1.54) is 0 Å². The zero-order valence-electron chi connectivity index (χ0n) is 12.5. The molecule has 0 aliphatic rings. The van der Waals surface area contributed by atoms with Gasteiger partial charge in [0.05, 0.1) is 12.5 Å². The predicted octanol–water partition coefficient (Wildman–Crippen LogP) is -1.20. The summed E-state index contributed by atoms with van der Waals surface area (Å²) in [5.74, 6) is -1.61. The fraction of sp³-hybridized carbons (Fsp3) is 0.800. The maximum absolute atomic E-state index is 11.0. The predicted molar refractivity (Wildman–Crippen MR) is 72.7 cm³/mol. The van der Waals surface area contributed by atoms with Gasteiger partial charge in [-0.1, -0.05) is 0 Å². The second-order valence-corrected chi connectivity index (χ2v) is 7.56. The first-order chi connectivity index (χ1) is 9.80. The second kappa shape index (κ2) is 8.41. The molecule has 0 aromatic rings. The van der Waals surface area contributed by atoms with Gasteiger partial charge >= 0.3 is 11.9 Å². The van der Waals surface area contributed by atoms with Gasteiger partial charge < -0.3 is 9.47 Å². The van der Waals surface area contributed by atoms with E-state index in [0.29, 0.717) is 0 Å². The van der Waals surface area contributed by atoms with Crippen molar-refractivity contribution in [3.8, 4) is 0 Å². The van der Waals surface area contributed by atoms with Crippen molar-refractivity contribution in [1.82, 2.24) is 0 Å². The van der Waals surface area contributed by atoms with Gasteiger partial charge in [0.2, 0.25) is 0 Å². The Morgan fingerprint density at radius 3 is 1.23 bits per heavy atom. The van der Waals surface area contributed by atoms with Crippen molar-refractivity contribution >= 4 is 32.2 Å². The third kappa shape index (κ3) is 11.4. The van der Waals surface area contributed by atoms with Gasteiger partial charge in [0.1, 0.15) is 13.2 Å². The Morgan fingerprint density at radius 2 is 1.05 bits per heavy atom. The SMILES string of the molecule is CC(=O)O[C@@H](COS(C)(=O)=O)[C@@H](COS(C)(=O)=O)OC(C)=O. The van der Waals surface area contributed by atoms with Crippen molar-refractivity contribution in [2.75, 3.05) is 25.7 Å². The molecule has 2 atom stereocenters. The van der Waals surface area contributed by atoms with Crippen molar-refractivity contribution in [1.29, 1.82) is 0 Å². The molecule has 0 aromatic heterocycles. The minimum Gasteiger partial charge on any atom is -0.456 e. The van der Waals surface area contributed by atoms with E-state index in [4.69, 9.17) is 9.47 Å². The van der Waals surface area contributed by atoms with Crippen LogP contribution in [-0.2, 0) is 47.7 Å². The number of esters is 2. The van der Waals surface area contributed by atoms with Gasteiger partial charge in [-0.15, -0.1) is 0 Å². The molecule has 0 radical (unpaired) electrons. The average molecular weight is 362 g/mol. The summed E-state index contributed by atoms with van der Waals surface area (Å²) in [7, 11) is -7.70. The molecule has 0 aliphatic heterocycles. The van der Waals surface area contributed by atoms with E-state index in [1.807, 2.05) is 0 Å². The van der Waals surface area contributed by atoms with Crippen LogP contribution in [0.4, 0.5) is 0 Å². The molecule has 0 N–H and O–H groups in total. The van der Waals surface area contributed by atoms with Crippen molar-refractivity contribution in [3.05, 3.63) is 0 Å². The largest absolute Gasteiger partial charge is 0.456 e. The maximum Gasteiger partial charge on any atom is 0.303 e. The van der Waals surface area contributed by atoms with Crippen molar-refractivity contribution < 1.29 is 44.3 Å². The van der Waals surface area contributed by atoms with Crippen LogP contribution in [0.25, 0.3) is 0 Å². The Kier molecular flexibility index (Phi) is 7.93. The normalized spacial score (nSPS) is 14.9. The number of ether oxygens (including phenoxy) is 2. The third-order valence-electron chi connectivity index (χ3n) is 1.94. The molecule has 0 bridgehead atoms. The molecule has 0 spiro atoms. The Bertz CT molecular complexity index is 537. The zero-order chi connectivity index (χ0) is 17.6. The second-order valence-electron chi connectivity index (χ2n) is 4.27. The summed E-state index contributed by atoms with van der Waals surface area (Å²) in [6, 6.07) is 0. The minimum atomic E-state index is -3.85. The van der Waals surface area contributed by atoms with Crippen molar-refractivity contribution in [3.63, 3.8) is 0 Å². The van der Waals surface area contributed by atoms with E-state index in [1.54, 1.807) is 0 Å². The highest BCUT2D eigenvalue weighted by Crippen LogP contribution is 2.10. The number of hydrogen-bond donors (Lipinski definition) is 0. The molecule has 0 fully saturated rings. The summed E-state index contributed by atoms with van der Waals surface area (Å²) in [6.07, 6.45) is -1.19. The molecule has 12 heteroatoms. The average Bonchev–Trinajstić information content (AvgIpc) is 2.27. The quantitative estimate of drug-likeness (QED) is 0.363. The highest BCUT2D eigenvalue weighted by molar-refractivity contribution is 7.86. The standard InChI is InChI=1S/C10H18O10S2/c1-7(11)19-9(5-17-21(3,13)14)10(20-8(2)12)6-18-22(4,15)16/h9-10H,5-6H2,1-4H3/t9-,10+. The lowest BCUT2D eigenvalue weighted by molar-refractivity contribution is -0.169. The lowest BCUT2D eigenvalue weighted by atomic mass is 10.2. The Balaban J connectivity index is 5.14. The van der Waals surface area contributed by atoms with Crippen molar-refractivity contribution in [2.24, 2.45) is 0 Å². The van der Waals surface area contributed by atoms with E-state index in [2.05, 4.69) is 8.37 Å². The third-order valence-corrected chi connectivity index (χ3v) is 3.07. The summed E-state index contributed by atoms with van der Waals surface area (Å²) < 4.78 is 62.5. The van der Waals surface area contributed by atoms with Crippen LogP contribution < -0.4 is 0 Å². The summed E-state index contributed by atoms with van der Waals surface area (Å²) in [5.41, 5.74) is 0. The summed E-state index contributed by atoms with van der Waals surface area (Å²) in [6.45, 7) is 0.748. The monoisotopic (exact) mass is 362 g/mol. The molecule has 10 nitrogen and oxygen atoms in total. The lowest BCUT2D eigenvalue weighted by Crippen LogP contribution is -2.41. The summed E-state index contributed by atoms with van der Waals surface area (Å²) in [4.78, 5) is 22.1. The smallest absolute Gasteiger partial charge is 0.303 e. The highest BCUT2D eigenvalue weighted by Gasteiger charge is 2.30. The fourth-order valence-corrected chi connectivity index (χ4v) is 2.00. The van der Waals surface area contributed by atoms with E-state index in [-0.39, 0.29) is 0 Å². The molecule has 130 valence electrons. The summed E-state index contributed by atoms with van der Waals surface area (Å²) >= 11 is 0. The van der Waals surface area contributed by atoms with E-state index in [9.17, 15) is 26.4 Å². The van der Waals surface area contributed by atoms with Crippen LogP contribution in [0.5, 0.6) is 0 Å². The fourth-order valence-electron chi connectivity index (χ4n) is 1.24. The van der Waals surface area contributed by atoms with Gasteiger partial charge in [-0.3, -0.25) is 18.0 Å². The highest BCUT2D eigenvalue weighted by atomic mass is 32.2. The van der Waals surface area contributed by atoms with Gasteiger partial charge in [-0.2, -0.15) is 16.8 Å². The minimum absolute atomic E-state index is 0.663. The van der Waals surface area contributed by atoms with Crippen LogP contribution in [0.15, 0.2) is 0 Å². The zero-order valence-corrected chi connectivity index (χ0v) is 14.1. The summed E-state index contributed by atoms with van der Waals surface area (Å²) in [5, 5.41) is 0.